The van der Waals surface area contributed by atoms with E-state index in [0.717, 1.165) is 12.1 Å². The number of nitrogens with two attached hydrogens (primary N) is 1. The first kappa shape index (κ1) is 23.7. The maximum absolute atomic E-state index is 13.3. The van der Waals surface area contributed by atoms with E-state index in [1.807, 2.05) is 13.8 Å². The number of urea groups is 1. The molecule has 3 heterocycles. The highest BCUT2D eigenvalue weighted by Crippen LogP contribution is 2.31. The molecule has 0 saturated heterocycles. The lowest BCUT2D eigenvalue weighted by Crippen LogP contribution is -2.20. The molecule has 12 heteroatoms. The fraction of sp³-hybridized carbons (Fsp3) is 0.174. The molecule has 0 saturated carbocycles. The first-order chi connectivity index (χ1) is 16.5. The lowest BCUT2D eigenvalue weighted by Gasteiger charge is -2.11. The fourth-order valence-corrected chi connectivity index (χ4v) is 3.51. The summed E-state index contributed by atoms with van der Waals surface area (Å²) in [4.78, 5) is 38.0. The summed E-state index contributed by atoms with van der Waals surface area (Å²) >= 11 is 0. The molecule has 0 atom stereocenters. The van der Waals surface area contributed by atoms with Crippen LogP contribution >= 0.6 is 0 Å². The van der Waals surface area contributed by atoms with Gasteiger partial charge in [-0.1, -0.05) is 6.07 Å². The van der Waals surface area contributed by atoms with Crippen molar-refractivity contribution in [3.63, 3.8) is 0 Å². The summed E-state index contributed by atoms with van der Waals surface area (Å²) < 4.78 is 40.5. The van der Waals surface area contributed by atoms with E-state index in [9.17, 15) is 22.8 Å². The number of nitrogens with one attached hydrogen (secondary N) is 2. The van der Waals surface area contributed by atoms with Crippen molar-refractivity contribution in [3.05, 3.63) is 71.9 Å². The summed E-state index contributed by atoms with van der Waals surface area (Å²) in [5.41, 5.74) is 6.08. The molecule has 0 fully saturated rings. The van der Waals surface area contributed by atoms with Crippen LogP contribution in [0.5, 0.6) is 0 Å². The summed E-state index contributed by atoms with van der Waals surface area (Å²) in [6, 6.07) is 6.23. The Morgan fingerprint density at radius 1 is 1.03 bits per heavy atom. The van der Waals surface area contributed by atoms with Crippen LogP contribution in [0.2, 0.25) is 0 Å². The molecule has 180 valence electrons. The number of amides is 2. The van der Waals surface area contributed by atoms with Crippen LogP contribution in [0.4, 0.5) is 35.2 Å². The third kappa shape index (κ3) is 4.90. The van der Waals surface area contributed by atoms with E-state index in [2.05, 4.69) is 25.6 Å². The molecular weight excluding hydrogens is 463 g/mol. The van der Waals surface area contributed by atoms with Crippen LogP contribution in [0.1, 0.15) is 41.5 Å². The lowest BCUT2D eigenvalue weighted by atomic mass is 10.1. The van der Waals surface area contributed by atoms with Crippen molar-refractivity contribution in [2.45, 2.75) is 26.1 Å². The van der Waals surface area contributed by atoms with E-state index in [1.165, 1.54) is 36.8 Å². The Balaban J connectivity index is 1.57. The van der Waals surface area contributed by atoms with Crippen LogP contribution in [0.3, 0.4) is 0 Å². The van der Waals surface area contributed by atoms with E-state index in [1.54, 1.807) is 10.8 Å². The summed E-state index contributed by atoms with van der Waals surface area (Å²) in [7, 11) is 0. The van der Waals surface area contributed by atoms with Crippen LogP contribution in [0.15, 0.2) is 55.1 Å². The minimum atomic E-state index is -4.54. The topological polar surface area (TPSA) is 128 Å². The monoisotopic (exact) mass is 483 g/mol. The maximum atomic E-state index is 13.3. The second-order valence-corrected chi connectivity index (χ2v) is 7.92. The largest absolute Gasteiger partial charge is 0.416 e. The first-order valence-electron chi connectivity index (χ1n) is 10.4. The standard InChI is InChI=1S/C23H20F3N7O2/c1-12(2)33-10-16(18-20(27)29-11-30-21(18)33)19(34)17-9-15(6-7-28-17)32-22(35)31-14-5-3-4-13(8-14)23(24,25)26/h3-12H,1-2H3,(H2,27,29,30)(H2,28,31,32,35). The van der Waals surface area contributed by atoms with Gasteiger partial charge in [0, 0.05) is 29.8 Å². The second kappa shape index (κ2) is 9.05. The van der Waals surface area contributed by atoms with E-state index in [0.29, 0.717) is 11.0 Å². The van der Waals surface area contributed by atoms with Crippen LogP contribution in [-0.4, -0.2) is 31.3 Å². The Morgan fingerprint density at radius 2 is 1.74 bits per heavy atom. The lowest BCUT2D eigenvalue weighted by molar-refractivity contribution is -0.137. The number of ketones is 1. The van der Waals surface area contributed by atoms with Crippen molar-refractivity contribution in [2.75, 3.05) is 16.4 Å². The number of nitrogens with zero attached hydrogens (tertiary/aromatic N) is 4. The summed E-state index contributed by atoms with van der Waals surface area (Å²) in [6.07, 6.45) is -0.266. The number of anilines is 3. The van der Waals surface area contributed by atoms with Gasteiger partial charge in [0.15, 0.2) is 0 Å². The minimum Gasteiger partial charge on any atom is -0.383 e. The molecule has 3 aromatic heterocycles. The van der Waals surface area contributed by atoms with Crippen LogP contribution < -0.4 is 16.4 Å². The number of rotatable bonds is 5. The minimum absolute atomic E-state index is 0.00569. The highest BCUT2D eigenvalue weighted by molar-refractivity contribution is 6.17. The molecule has 0 unspecified atom stereocenters. The Labute approximate surface area is 197 Å². The van der Waals surface area contributed by atoms with Crippen LogP contribution in [0, 0.1) is 0 Å². The van der Waals surface area contributed by atoms with Gasteiger partial charge >= 0.3 is 12.2 Å². The van der Waals surface area contributed by atoms with E-state index in [4.69, 9.17) is 5.73 Å². The second-order valence-electron chi connectivity index (χ2n) is 7.92. The number of carbonyl (C=O) groups is 2. The Bertz CT molecular complexity index is 1430. The molecule has 4 N–H and O–H groups in total. The molecule has 4 aromatic rings. The zero-order valence-corrected chi connectivity index (χ0v) is 18.6. The van der Waals surface area contributed by atoms with Gasteiger partial charge in [-0.05, 0) is 44.2 Å². The quantitative estimate of drug-likeness (QED) is 0.347. The predicted octanol–water partition coefficient (Wildman–Crippen LogP) is 4.88. The van der Waals surface area contributed by atoms with Gasteiger partial charge in [0.2, 0.25) is 5.78 Å². The normalized spacial score (nSPS) is 11.6. The van der Waals surface area contributed by atoms with E-state index < -0.39 is 23.6 Å². The molecule has 1 aromatic carbocycles. The number of aromatic nitrogens is 4. The molecule has 35 heavy (non-hydrogen) atoms. The molecule has 0 bridgehead atoms. The number of carbonyl (C=O) groups excluding carboxylic acids is 2. The summed E-state index contributed by atoms with van der Waals surface area (Å²) in [5.74, 6) is -0.315. The number of hydrogen-bond donors (Lipinski definition) is 3. The average Bonchev–Trinajstić information content (AvgIpc) is 3.20. The Morgan fingerprint density at radius 3 is 2.43 bits per heavy atom. The maximum Gasteiger partial charge on any atom is 0.416 e. The van der Waals surface area contributed by atoms with Crippen molar-refractivity contribution < 1.29 is 22.8 Å². The number of nitrogen functional groups attached to an aromatic ring is 1. The number of hydrogen-bond acceptors (Lipinski definition) is 6. The van der Waals surface area contributed by atoms with E-state index >= 15 is 0 Å². The fourth-order valence-electron chi connectivity index (χ4n) is 3.51. The number of fused-ring (bicyclic) bond motifs is 1. The van der Waals surface area contributed by atoms with Crippen molar-refractivity contribution in [1.82, 2.24) is 19.5 Å². The number of halogens is 3. The average molecular weight is 483 g/mol. The van der Waals surface area contributed by atoms with Gasteiger partial charge < -0.3 is 20.9 Å². The van der Waals surface area contributed by atoms with Crippen molar-refractivity contribution in [3.8, 4) is 0 Å². The molecule has 2 amide bonds. The summed E-state index contributed by atoms with van der Waals surface area (Å²) in [6.45, 7) is 3.86. The van der Waals surface area contributed by atoms with Gasteiger partial charge in [0.05, 0.1) is 16.5 Å². The molecule has 0 spiro atoms. The number of benzene rings is 1. The molecule has 0 aliphatic carbocycles. The molecule has 0 aliphatic rings. The zero-order valence-electron chi connectivity index (χ0n) is 18.6. The highest BCUT2D eigenvalue weighted by atomic mass is 19.4. The SMILES string of the molecule is CC(C)n1cc(C(=O)c2cc(NC(=O)Nc3cccc(C(F)(F)F)c3)ccn2)c2c(N)ncnc21. The van der Waals surface area contributed by atoms with Gasteiger partial charge in [-0.2, -0.15) is 13.2 Å². The van der Waals surface area contributed by atoms with Crippen molar-refractivity contribution in [1.29, 1.82) is 0 Å². The van der Waals surface area contributed by atoms with E-state index in [-0.39, 0.29) is 34.5 Å². The third-order valence-electron chi connectivity index (χ3n) is 5.14. The molecule has 9 nitrogen and oxygen atoms in total. The number of pyridine rings is 1. The van der Waals surface area contributed by atoms with Crippen LogP contribution in [-0.2, 0) is 6.18 Å². The van der Waals surface area contributed by atoms with Gasteiger partial charge in [-0.3, -0.25) is 9.78 Å². The molecular formula is C23H20F3N7O2. The molecule has 0 aliphatic heterocycles. The molecule has 0 radical (unpaired) electrons. The highest BCUT2D eigenvalue weighted by Gasteiger charge is 2.30. The molecule has 4 rings (SSSR count). The van der Waals surface area contributed by atoms with Gasteiger partial charge in [0.25, 0.3) is 0 Å². The third-order valence-corrected chi connectivity index (χ3v) is 5.14. The van der Waals surface area contributed by atoms with Gasteiger partial charge in [-0.25, -0.2) is 14.8 Å². The van der Waals surface area contributed by atoms with Crippen LogP contribution in [0.25, 0.3) is 11.0 Å². The predicted molar refractivity (Wildman–Crippen MR) is 124 cm³/mol. The summed E-state index contributed by atoms with van der Waals surface area (Å²) in [5, 5.41) is 5.23. The number of alkyl halides is 3. The Kier molecular flexibility index (Phi) is 6.12. The zero-order chi connectivity index (χ0) is 25.3. The smallest absolute Gasteiger partial charge is 0.383 e. The van der Waals surface area contributed by atoms with Crippen molar-refractivity contribution >= 4 is 40.0 Å². The van der Waals surface area contributed by atoms with Gasteiger partial charge in [0.1, 0.15) is 23.5 Å². The Hall–Kier alpha value is -4.48. The van der Waals surface area contributed by atoms with Gasteiger partial charge in [-0.15, -0.1) is 0 Å². The first-order valence-corrected chi connectivity index (χ1v) is 10.4. The van der Waals surface area contributed by atoms with Crippen molar-refractivity contribution in [2.24, 2.45) is 0 Å².